The molecule has 1 aliphatic rings. The Balaban J connectivity index is 1.94. The van der Waals surface area contributed by atoms with E-state index in [2.05, 4.69) is 0 Å². The Morgan fingerprint density at radius 3 is 2.50 bits per heavy atom. The van der Waals surface area contributed by atoms with Crippen molar-refractivity contribution in [3.05, 3.63) is 68.7 Å². The van der Waals surface area contributed by atoms with Gasteiger partial charge in [0.1, 0.15) is 0 Å². The minimum atomic E-state index is 0.0889. The predicted octanol–water partition coefficient (Wildman–Crippen LogP) is 5.97. The number of nitrogens with zero attached hydrogens (tertiary/aromatic N) is 1. The van der Waals surface area contributed by atoms with Gasteiger partial charge in [-0.15, -0.1) is 0 Å². The molecule has 3 rings (SSSR count). The maximum Gasteiger partial charge on any atom is 0.0770 e. The Labute approximate surface area is 133 Å². The summed E-state index contributed by atoms with van der Waals surface area (Å²) in [6, 6.07) is 13.5. The number of rotatable bonds is 2. The highest BCUT2D eigenvalue weighted by atomic mass is 35.5. The minimum Gasteiger partial charge on any atom is -0.281 e. The van der Waals surface area contributed by atoms with E-state index in [0.29, 0.717) is 10.0 Å². The van der Waals surface area contributed by atoms with Crippen molar-refractivity contribution in [1.29, 1.82) is 0 Å². The normalized spacial score (nSPS) is 18.1. The van der Waals surface area contributed by atoms with Crippen LogP contribution in [0.2, 0.25) is 15.1 Å². The molecule has 1 heterocycles. The molecule has 0 amide bonds. The first-order valence-corrected chi connectivity index (χ1v) is 7.55. The van der Waals surface area contributed by atoms with Gasteiger partial charge < -0.3 is 0 Å². The topological polar surface area (TPSA) is 12.4 Å². The number of hydrogen-bond donors (Lipinski definition) is 0. The summed E-state index contributed by atoms with van der Waals surface area (Å²) in [6.07, 6.45) is 1.86. The molecule has 0 aliphatic carbocycles. The van der Waals surface area contributed by atoms with Crippen LogP contribution < -0.4 is 0 Å². The Kier molecular flexibility index (Phi) is 4.02. The van der Waals surface area contributed by atoms with Gasteiger partial charge >= 0.3 is 0 Å². The Bertz CT molecular complexity index is 679. The van der Waals surface area contributed by atoms with Gasteiger partial charge in [0.2, 0.25) is 0 Å². The van der Waals surface area contributed by atoms with E-state index in [-0.39, 0.29) is 6.04 Å². The molecule has 0 bridgehead atoms. The molecule has 1 unspecified atom stereocenters. The van der Waals surface area contributed by atoms with Crippen LogP contribution in [0.1, 0.15) is 30.0 Å². The predicted molar refractivity (Wildman–Crippen MR) is 86.4 cm³/mol. The van der Waals surface area contributed by atoms with E-state index in [1.165, 1.54) is 0 Å². The second kappa shape index (κ2) is 5.77. The largest absolute Gasteiger partial charge is 0.281 e. The summed E-state index contributed by atoms with van der Waals surface area (Å²) >= 11 is 18.4. The van der Waals surface area contributed by atoms with Crippen LogP contribution in [0, 0.1) is 0 Å². The molecule has 0 spiro atoms. The molecule has 4 heteroatoms. The Morgan fingerprint density at radius 2 is 1.75 bits per heavy atom. The molecule has 0 fully saturated rings. The van der Waals surface area contributed by atoms with Crippen LogP contribution in [0.25, 0.3) is 0 Å². The molecule has 1 atom stereocenters. The van der Waals surface area contributed by atoms with Crippen LogP contribution in [-0.4, -0.2) is 5.71 Å². The molecule has 1 nitrogen and oxygen atoms in total. The lowest BCUT2D eigenvalue weighted by Gasteiger charge is -2.09. The SMILES string of the molecule is Clc1ccc(C2CCC(c3ccccc3Cl)=N2)c(Cl)c1. The minimum absolute atomic E-state index is 0.0889. The molecule has 1 aliphatic heterocycles. The second-order valence-corrected chi connectivity index (χ2v) is 6.03. The van der Waals surface area contributed by atoms with Crippen molar-refractivity contribution < 1.29 is 0 Å². The van der Waals surface area contributed by atoms with Crippen molar-refractivity contribution in [2.24, 2.45) is 4.99 Å². The summed E-state index contributed by atoms with van der Waals surface area (Å²) in [7, 11) is 0. The maximum absolute atomic E-state index is 6.25. The van der Waals surface area contributed by atoms with Gasteiger partial charge in [-0.1, -0.05) is 59.1 Å². The van der Waals surface area contributed by atoms with Gasteiger partial charge in [0.25, 0.3) is 0 Å². The van der Waals surface area contributed by atoms with Crippen molar-refractivity contribution in [2.45, 2.75) is 18.9 Å². The number of halogens is 3. The summed E-state index contributed by atoms with van der Waals surface area (Å²) in [5, 5.41) is 2.06. The average Bonchev–Trinajstić information content (AvgIpc) is 2.88. The van der Waals surface area contributed by atoms with Gasteiger partial charge in [-0.25, -0.2) is 0 Å². The molecule has 2 aromatic rings. The molecule has 20 heavy (non-hydrogen) atoms. The van der Waals surface area contributed by atoms with E-state index < -0.39 is 0 Å². The fraction of sp³-hybridized carbons (Fsp3) is 0.188. The first kappa shape index (κ1) is 13.9. The third kappa shape index (κ3) is 2.71. The monoisotopic (exact) mass is 323 g/mol. The van der Waals surface area contributed by atoms with E-state index in [9.17, 15) is 0 Å². The van der Waals surface area contributed by atoms with Crippen molar-refractivity contribution in [1.82, 2.24) is 0 Å². The maximum atomic E-state index is 6.25. The lowest BCUT2D eigenvalue weighted by Crippen LogP contribution is -1.96. The quantitative estimate of drug-likeness (QED) is 0.645. The molecule has 2 aromatic carbocycles. The van der Waals surface area contributed by atoms with Gasteiger partial charge in [0.05, 0.1) is 6.04 Å². The fourth-order valence-corrected chi connectivity index (χ4v) is 3.27. The summed E-state index contributed by atoms with van der Waals surface area (Å²) in [4.78, 5) is 4.78. The van der Waals surface area contributed by atoms with Gasteiger partial charge in [-0.2, -0.15) is 0 Å². The van der Waals surface area contributed by atoms with E-state index in [1.54, 1.807) is 6.07 Å². The molecule has 0 saturated heterocycles. The number of hydrogen-bond acceptors (Lipinski definition) is 1. The molecule has 0 N–H and O–H groups in total. The molecule has 0 aromatic heterocycles. The fourth-order valence-electron chi connectivity index (χ4n) is 2.49. The van der Waals surface area contributed by atoms with Gasteiger partial charge in [-0.05, 0) is 36.6 Å². The van der Waals surface area contributed by atoms with Gasteiger partial charge in [-0.3, -0.25) is 4.99 Å². The highest BCUT2D eigenvalue weighted by Crippen LogP contribution is 2.36. The Hall–Kier alpha value is -1.02. The molecule has 0 saturated carbocycles. The third-order valence-electron chi connectivity index (χ3n) is 3.47. The van der Waals surface area contributed by atoms with Crippen LogP contribution in [0.3, 0.4) is 0 Å². The van der Waals surface area contributed by atoms with Crippen molar-refractivity contribution in [3.8, 4) is 0 Å². The molecule has 0 radical (unpaired) electrons. The second-order valence-electron chi connectivity index (χ2n) is 4.78. The van der Waals surface area contributed by atoms with Crippen LogP contribution >= 0.6 is 34.8 Å². The van der Waals surface area contributed by atoms with E-state index in [0.717, 1.165) is 34.7 Å². The summed E-state index contributed by atoms with van der Waals surface area (Å²) in [5.74, 6) is 0. The van der Waals surface area contributed by atoms with Crippen molar-refractivity contribution in [3.63, 3.8) is 0 Å². The van der Waals surface area contributed by atoms with E-state index in [1.807, 2.05) is 36.4 Å². The smallest absolute Gasteiger partial charge is 0.0770 e. The molecular weight excluding hydrogens is 313 g/mol. The zero-order valence-corrected chi connectivity index (χ0v) is 12.9. The zero-order chi connectivity index (χ0) is 14.1. The molecular formula is C16H12Cl3N. The standard InChI is InChI=1S/C16H12Cl3N/c17-10-5-6-12(14(19)9-10)16-8-7-15(20-16)11-3-1-2-4-13(11)18/h1-6,9,16H,7-8H2. The zero-order valence-electron chi connectivity index (χ0n) is 10.6. The van der Waals surface area contributed by atoms with Crippen LogP contribution in [0.15, 0.2) is 47.5 Å². The van der Waals surface area contributed by atoms with Gasteiger partial charge in [0.15, 0.2) is 0 Å². The third-order valence-corrected chi connectivity index (χ3v) is 4.36. The average molecular weight is 325 g/mol. The highest BCUT2D eigenvalue weighted by Gasteiger charge is 2.23. The summed E-state index contributed by atoms with van der Waals surface area (Å²) in [6.45, 7) is 0. The van der Waals surface area contributed by atoms with Crippen LogP contribution in [-0.2, 0) is 0 Å². The van der Waals surface area contributed by atoms with Crippen LogP contribution in [0.4, 0.5) is 0 Å². The first-order valence-electron chi connectivity index (χ1n) is 6.41. The summed E-state index contributed by atoms with van der Waals surface area (Å²) < 4.78 is 0. The van der Waals surface area contributed by atoms with E-state index >= 15 is 0 Å². The van der Waals surface area contributed by atoms with Gasteiger partial charge in [0, 0.05) is 26.3 Å². The van der Waals surface area contributed by atoms with E-state index in [4.69, 9.17) is 39.8 Å². The first-order chi connectivity index (χ1) is 9.65. The number of benzene rings is 2. The molecule has 102 valence electrons. The van der Waals surface area contributed by atoms with Crippen molar-refractivity contribution in [2.75, 3.05) is 0 Å². The Morgan fingerprint density at radius 1 is 0.950 bits per heavy atom. The number of aliphatic imine (C=N–C) groups is 1. The highest BCUT2D eigenvalue weighted by molar-refractivity contribution is 6.35. The lowest BCUT2D eigenvalue weighted by atomic mass is 10.0. The lowest BCUT2D eigenvalue weighted by molar-refractivity contribution is 0.723. The van der Waals surface area contributed by atoms with Crippen LogP contribution in [0.5, 0.6) is 0 Å². The summed E-state index contributed by atoms with van der Waals surface area (Å²) in [5.41, 5.74) is 3.09. The van der Waals surface area contributed by atoms with Crippen molar-refractivity contribution >= 4 is 40.5 Å².